The summed E-state index contributed by atoms with van der Waals surface area (Å²) in [5.41, 5.74) is 2.87. The molecule has 30 heavy (non-hydrogen) atoms. The molecule has 0 fully saturated rings. The number of rotatable bonds is 7. The highest BCUT2D eigenvalue weighted by Gasteiger charge is 2.25. The second-order valence-electron chi connectivity index (χ2n) is 6.68. The van der Waals surface area contributed by atoms with Gasteiger partial charge in [0.05, 0.1) is 23.6 Å². The maximum Gasteiger partial charge on any atom is 0.341 e. The Bertz CT molecular complexity index is 1070. The Labute approximate surface area is 184 Å². The van der Waals surface area contributed by atoms with Crippen molar-refractivity contribution < 1.29 is 14.3 Å². The molecule has 0 saturated heterocycles. The molecular weight excluding hydrogens is 424 g/mol. The van der Waals surface area contributed by atoms with Gasteiger partial charge in [-0.2, -0.15) is 0 Å². The molecule has 1 N–H and O–H groups in total. The molecule has 2 aromatic heterocycles. The number of aromatic nitrogens is 3. The number of amides is 1. The van der Waals surface area contributed by atoms with Gasteiger partial charge in [-0.15, -0.1) is 16.4 Å². The Hall–Kier alpha value is -2.71. The molecule has 0 aliphatic carbocycles. The van der Waals surface area contributed by atoms with Gasteiger partial charge in [0.25, 0.3) is 5.91 Å². The number of carbonyl (C=O) groups excluding carboxylic acids is 2. The summed E-state index contributed by atoms with van der Waals surface area (Å²) in [6, 6.07) is 7.17. The number of hydrogen-bond acceptors (Lipinski definition) is 6. The normalized spacial score (nSPS) is 10.8. The van der Waals surface area contributed by atoms with Gasteiger partial charge in [0, 0.05) is 9.90 Å². The molecule has 0 aliphatic heterocycles. The van der Waals surface area contributed by atoms with E-state index in [-0.39, 0.29) is 12.3 Å². The summed E-state index contributed by atoms with van der Waals surface area (Å²) < 4.78 is 6.80. The minimum absolute atomic E-state index is 0.227. The predicted octanol–water partition coefficient (Wildman–Crippen LogP) is 4.98. The first-order chi connectivity index (χ1) is 14.4. The molecule has 0 aliphatic rings. The molecule has 7 nitrogen and oxygen atoms in total. The van der Waals surface area contributed by atoms with E-state index in [1.54, 1.807) is 23.7 Å². The molecule has 158 valence electrons. The monoisotopic (exact) mass is 446 g/mol. The molecule has 0 unspecified atom stereocenters. The minimum Gasteiger partial charge on any atom is -0.462 e. The van der Waals surface area contributed by atoms with E-state index in [1.165, 1.54) is 11.3 Å². The van der Waals surface area contributed by atoms with Crippen LogP contribution in [0.5, 0.6) is 0 Å². The minimum atomic E-state index is -0.451. The van der Waals surface area contributed by atoms with Crippen molar-refractivity contribution in [2.45, 2.75) is 40.5 Å². The molecule has 0 spiro atoms. The van der Waals surface area contributed by atoms with Crippen molar-refractivity contribution >= 4 is 39.8 Å². The van der Waals surface area contributed by atoms with Gasteiger partial charge in [0.1, 0.15) is 5.00 Å². The molecule has 1 amide bonds. The van der Waals surface area contributed by atoms with E-state index in [0.717, 1.165) is 22.5 Å². The molecule has 9 heteroatoms. The molecule has 0 bridgehead atoms. The number of benzene rings is 1. The number of aryl methyl sites for hydroxylation is 1. The number of carbonyl (C=O) groups is 2. The lowest BCUT2D eigenvalue weighted by Crippen LogP contribution is -2.17. The Morgan fingerprint density at radius 1 is 1.20 bits per heavy atom. The fraction of sp³-hybridized carbons (Fsp3) is 0.333. The quantitative estimate of drug-likeness (QED) is 0.517. The first-order valence-electron chi connectivity index (χ1n) is 9.66. The van der Waals surface area contributed by atoms with Gasteiger partial charge in [-0.3, -0.25) is 4.79 Å². The summed E-state index contributed by atoms with van der Waals surface area (Å²) in [6.45, 7) is 7.77. The fourth-order valence-corrected chi connectivity index (χ4v) is 4.22. The van der Waals surface area contributed by atoms with Crippen molar-refractivity contribution in [3.63, 3.8) is 0 Å². The van der Waals surface area contributed by atoms with Crippen molar-refractivity contribution in [2.24, 2.45) is 0 Å². The Morgan fingerprint density at radius 2 is 1.90 bits per heavy atom. The van der Waals surface area contributed by atoms with Crippen LogP contribution in [-0.2, 0) is 11.2 Å². The van der Waals surface area contributed by atoms with Crippen LogP contribution in [-0.4, -0.2) is 33.5 Å². The van der Waals surface area contributed by atoms with E-state index >= 15 is 0 Å². The molecule has 0 atom stereocenters. The van der Waals surface area contributed by atoms with E-state index in [9.17, 15) is 9.59 Å². The summed E-state index contributed by atoms with van der Waals surface area (Å²) in [6.07, 6.45) is 1.43. The number of nitrogens with zero attached hydrogens (tertiary/aromatic N) is 3. The summed E-state index contributed by atoms with van der Waals surface area (Å²) >= 11 is 7.32. The smallest absolute Gasteiger partial charge is 0.341 e. The zero-order chi connectivity index (χ0) is 21.8. The van der Waals surface area contributed by atoms with Gasteiger partial charge in [-0.05, 0) is 57.0 Å². The van der Waals surface area contributed by atoms with Crippen molar-refractivity contribution in [2.75, 3.05) is 11.9 Å². The Morgan fingerprint density at radius 3 is 2.53 bits per heavy atom. The van der Waals surface area contributed by atoms with Gasteiger partial charge in [-0.1, -0.05) is 30.2 Å². The van der Waals surface area contributed by atoms with Gasteiger partial charge in [0.2, 0.25) is 0 Å². The van der Waals surface area contributed by atoms with Crippen LogP contribution < -0.4 is 5.32 Å². The van der Waals surface area contributed by atoms with E-state index < -0.39 is 11.9 Å². The number of halogens is 1. The van der Waals surface area contributed by atoms with Crippen molar-refractivity contribution in [1.82, 2.24) is 15.0 Å². The standard InChI is InChI=1S/C21H23ClN4O3S/c1-5-7-16-18(24-25-26(16)15-10-8-14(22)9-11-15)19(27)23-20-17(21(28)29-6-2)12(3)13(4)30-20/h8-11H,5-7H2,1-4H3,(H,23,27). The second-order valence-corrected chi connectivity index (χ2v) is 8.35. The Balaban J connectivity index is 1.96. The lowest BCUT2D eigenvalue weighted by atomic mass is 10.1. The number of ether oxygens (including phenoxy) is 1. The Kier molecular flexibility index (Phi) is 6.89. The third-order valence-electron chi connectivity index (χ3n) is 4.63. The first-order valence-corrected chi connectivity index (χ1v) is 10.9. The lowest BCUT2D eigenvalue weighted by molar-refractivity contribution is 0.0527. The largest absolute Gasteiger partial charge is 0.462 e. The van der Waals surface area contributed by atoms with Crippen molar-refractivity contribution in [1.29, 1.82) is 0 Å². The number of hydrogen-bond donors (Lipinski definition) is 1. The molecule has 0 radical (unpaired) electrons. The first kappa shape index (κ1) is 22.0. The van der Waals surface area contributed by atoms with Crippen LogP contribution in [0.4, 0.5) is 5.00 Å². The molecule has 2 heterocycles. The van der Waals surface area contributed by atoms with E-state index in [0.29, 0.717) is 27.7 Å². The maximum absolute atomic E-state index is 13.1. The molecule has 3 aromatic rings. The van der Waals surface area contributed by atoms with E-state index in [2.05, 4.69) is 15.6 Å². The van der Waals surface area contributed by atoms with Gasteiger partial charge >= 0.3 is 5.97 Å². The highest BCUT2D eigenvalue weighted by molar-refractivity contribution is 7.16. The molecule has 3 rings (SSSR count). The van der Waals surface area contributed by atoms with Gasteiger partial charge in [0.15, 0.2) is 5.69 Å². The fourth-order valence-electron chi connectivity index (χ4n) is 3.06. The third-order valence-corrected chi connectivity index (χ3v) is 6.00. The zero-order valence-electron chi connectivity index (χ0n) is 17.3. The summed E-state index contributed by atoms with van der Waals surface area (Å²) in [5, 5.41) is 12.2. The van der Waals surface area contributed by atoms with Crippen LogP contribution in [0.15, 0.2) is 24.3 Å². The summed E-state index contributed by atoms with van der Waals surface area (Å²) in [4.78, 5) is 26.4. The van der Waals surface area contributed by atoms with Crippen molar-refractivity contribution in [3.05, 3.63) is 56.7 Å². The molecular formula is C21H23ClN4O3S. The van der Waals surface area contributed by atoms with Crippen LogP contribution in [0.2, 0.25) is 5.02 Å². The maximum atomic E-state index is 13.1. The topological polar surface area (TPSA) is 86.1 Å². The highest BCUT2D eigenvalue weighted by atomic mass is 35.5. The summed E-state index contributed by atoms with van der Waals surface area (Å²) in [5.74, 6) is -0.862. The van der Waals surface area contributed by atoms with Gasteiger partial charge < -0.3 is 10.1 Å². The average Bonchev–Trinajstić information content (AvgIpc) is 3.24. The lowest BCUT2D eigenvalue weighted by Gasteiger charge is -2.09. The van der Waals surface area contributed by atoms with E-state index in [4.69, 9.17) is 16.3 Å². The zero-order valence-corrected chi connectivity index (χ0v) is 18.9. The summed E-state index contributed by atoms with van der Waals surface area (Å²) in [7, 11) is 0. The van der Waals surface area contributed by atoms with Gasteiger partial charge in [-0.25, -0.2) is 9.48 Å². The number of anilines is 1. The highest BCUT2D eigenvalue weighted by Crippen LogP contribution is 2.33. The average molecular weight is 447 g/mol. The SMILES string of the molecule is CCCc1c(C(=O)Nc2sc(C)c(C)c2C(=O)OCC)nnn1-c1ccc(Cl)cc1. The third kappa shape index (κ3) is 4.39. The molecule has 1 aromatic carbocycles. The number of thiophene rings is 1. The van der Waals surface area contributed by atoms with Crippen LogP contribution in [0.25, 0.3) is 5.69 Å². The number of nitrogens with one attached hydrogen (secondary N) is 1. The van der Waals surface area contributed by atoms with Crippen LogP contribution >= 0.6 is 22.9 Å². The van der Waals surface area contributed by atoms with Crippen LogP contribution in [0.1, 0.15) is 57.2 Å². The second kappa shape index (κ2) is 9.40. The van der Waals surface area contributed by atoms with Crippen LogP contribution in [0.3, 0.4) is 0 Å². The predicted molar refractivity (Wildman–Crippen MR) is 118 cm³/mol. The molecule has 0 saturated carbocycles. The van der Waals surface area contributed by atoms with Crippen molar-refractivity contribution in [3.8, 4) is 5.69 Å². The van der Waals surface area contributed by atoms with E-state index in [1.807, 2.05) is 32.9 Å². The van der Waals surface area contributed by atoms with Crippen LogP contribution in [0, 0.1) is 13.8 Å². The number of esters is 1.